The molecule has 31 heavy (non-hydrogen) atoms. The lowest BCUT2D eigenvalue weighted by Gasteiger charge is -2.32. The highest BCUT2D eigenvalue weighted by atomic mass is 19.3. The molecule has 0 aromatic heterocycles. The number of carbonyl (C=O) groups excluding carboxylic acids is 1. The molecule has 2 aromatic carbocycles. The molecular weight excluding hydrogens is 407 g/mol. The number of rotatable bonds is 7. The molecule has 1 saturated heterocycles. The number of hydrogen-bond acceptors (Lipinski definition) is 5. The Bertz CT molecular complexity index is 875. The van der Waals surface area contributed by atoms with Crippen LogP contribution in [-0.2, 0) is 20.7 Å². The summed E-state index contributed by atoms with van der Waals surface area (Å²) in [5, 5.41) is 2.01. The molecule has 3 rings (SSSR count). The maximum atomic E-state index is 14.1. The summed E-state index contributed by atoms with van der Waals surface area (Å²) >= 11 is 0. The fourth-order valence-corrected chi connectivity index (χ4v) is 2.83. The van der Waals surface area contributed by atoms with Gasteiger partial charge in [0.1, 0.15) is 18.9 Å². The van der Waals surface area contributed by atoms with Crippen LogP contribution in [0.1, 0.15) is 33.3 Å². The smallest absolute Gasteiger partial charge is 0.445 e. The van der Waals surface area contributed by atoms with Crippen molar-refractivity contribution in [2.45, 2.75) is 51.6 Å². The molecule has 1 fully saturated rings. The Kier molecular flexibility index (Phi) is 6.57. The van der Waals surface area contributed by atoms with Crippen LogP contribution in [0.3, 0.4) is 0 Å². The lowest BCUT2D eigenvalue weighted by molar-refractivity contribution is -0.170. The molecule has 1 N–H and O–H groups in total. The molecule has 1 heterocycles. The second kappa shape index (κ2) is 8.84. The van der Waals surface area contributed by atoms with E-state index < -0.39 is 37.1 Å². The van der Waals surface area contributed by atoms with Crippen molar-refractivity contribution in [3.63, 3.8) is 0 Å². The van der Waals surface area contributed by atoms with Gasteiger partial charge in [0.05, 0.1) is 11.2 Å². The summed E-state index contributed by atoms with van der Waals surface area (Å²) in [6.45, 7) is 6.69. The Morgan fingerprint density at radius 2 is 1.58 bits per heavy atom. The fraction of sp³-hybridized carbons (Fsp3) is 0.409. The van der Waals surface area contributed by atoms with Crippen molar-refractivity contribution in [1.82, 2.24) is 5.32 Å². The highest BCUT2D eigenvalue weighted by Crippen LogP contribution is 2.36. The molecule has 1 amide bonds. The van der Waals surface area contributed by atoms with Crippen LogP contribution in [-0.4, -0.2) is 37.1 Å². The molecule has 2 aromatic rings. The van der Waals surface area contributed by atoms with Gasteiger partial charge in [-0.25, -0.2) is 4.79 Å². The Morgan fingerprint density at radius 3 is 2.16 bits per heavy atom. The molecular formula is C22H26BF2NO5. The van der Waals surface area contributed by atoms with Crippen LogP contribution in [0, 0.1) is 0 Å². The summed E-state index contributed by atoms with van der Waals surface area (Å²) in [6.07, 6.45) is -4.57. The average molecular weight is 433 g/mol. The highest BCUT2D eigenvalue weighted by molar-refractivity contribution is 6.62. The third-order valence-corrected chi connectivity index (χ3v) is 5.32. The lowest BCUT2D eigenvalue weighted by atomic mass is 9.79. The molecule has 0 aliphatic carbocycles. The Morgan fingerprint density at radius 1 is 1.00 bits per heavy atom. The van der Waals surface area contributed by atoms with Crippen LogP contribution < -0.4 is 15.5 Å². The first-order chi connectivity index (χ1) is 14.5. The molecule has 166 valence electrons. The summed E-state index contributed by atoms with van der Waals surface area (Å²) < 4.78 is 49.7. The normalized spacial score (nSPS) is 17.3. The van der Waals surface area contributed by atoms with Crippen LogP contribution in [0.2, 0.25) is 0 Å². The zero-order valence-corrected chi connectivity index (χ0v) is 18.0. The number of ether oxygens (including phenoxy) is 2. The summed E-state index contributed by atoms with van der Waals surface area (Å²) in [5.74, 6) is -0.0512. The van der Waals surface area contributed by atoms with Gasteiger partial charge in [0.2, 0.25) is 0 Å². The average Bonchev–Trinajstić information content (AvgIpc) is 2.93. The van der Waals surface area contributed by atoms with E-state index in [0.717, 1.165) is 5.56 Å². The predicted octanol–water partition coefficient (Wildman–Crippen LogP) is 3.88. The van der Waals surface area contributed by atoms with Crippen molar-refractivity contribution < 1.29 is 32.4 Å². The van der Waals surface area contributed by atoms with Crippen LogP contribution in [0.5, 0.6) is 5.75 Å². The van der Waals surface area contributed by atoms with Gasteiger partial charge < -0.3 is 24.1 Å². The molecule has 9 heteroatoms. The van der Waals surface area contributed by atoms with E-state index in [9.17, 15) is 13.6 Å². The maximum Gasteiger partial charge on any atom is 0.494 e. The molecule has 0 spiro atoms. The Balaban J connectivity index is 1.49. The van der Waals surface area contributed by atoms with Crippen molar-refractivity contribution in [2.24, 2.45) is 0 Å². The lowest BCUT2D eigenvalue weighted by Crippen LogP contribution is -2.41. The number of alkyl carbamates (subject to hydrolysis) is 1. The quantitative estimate of drug-likeness (QED) is 0.672. The molecule has 0 atom stereocenters. The molecule has 6 nitrogen and oxygen atoms in total. The van der Waals surface area contributed by atoms with Gasteiger partial charge in [-0.3, -0.25) is 0 Å². The minimum absolute atomic E-state index is 0.0144. The third-order valence-electron chi connectivity index (χ3n) is 5.32. The molecule has 1 aliphatic heterocycles. The van der Waals surface area contributed by atoms with Crippen LogP contribution in [0.25, 0.3) is 0 Å². The molecule has 0 saturated carbocycles. The minimum Gasteiger partial charge on any atom is -0.445 e. The number of alkyl halides is 2. The summed E-state index contributed by atoms with van der Waals surface area (Å²) in [4.78, 5) is 11.7. The van der Waals surface area contributed by atoms with Gasteiger partial charge in [-0.15, -0.1) is 0 Å². The molecule has 0 unspecified atom stereocenters. The van der Waals surface area contributed by atoms with Crippen molar-refractivity contribution >= 4 is 18.7 Å². The van der Waals surface area contributed by atoms with Crippen LogP contribution >= 0.6 is 0 Å². The van der Waals surface area contributed by atoms with Gasteiger partial charge in [0, 0.05) is 0 Å². The standard InChI is InChI=1S/C22H26BF2NO5/c1-20(2)21(3,4)31-23(30-20)17-10-12-18(13-11-17)29-22(24,25)15-26-19(27)28-14-16-8-6-5-7-9-16/h5-13H,14-15H2,1-4H3,(H,26,27). The van der Waals surface area contributed by atoms with Gasteiger partial charge in [-0.05, 0) is 50.9 Å². The van der Waals surface area contributed by atoms with Gasteiger partial charge in [-0.1, -0.05) is 42.5 Å². The van der Waals surface area contributed by atoms with E-state index in [4.69, 9.17) is 18.8 Å². The Hall–Kier alpha value is -2.65. The zero-order valence-electron chi connectivity index (χ0n) is 18.0. The van der Waals surface area contributed by atoms with E-state index in [2.05, 4.69) is 0 Å². The van der Waals surface area contributed by atoms with E-state index >= 15 is 0 Å². The van der Waals surface area contributed by atoms with Crippen LogP contribution in [0.15, 0.2) is 54.6 Å². The summed E-state index contributed by atoms with van der Waals surface area (Å²) in [6, 6.07) is 14.9. The number of amides is 1. The van der Waals surface area contributed by atoms with Crippen molar-refractivity contribution in [3.05, 3.63) is 60.2 Å². The van der Waals surface area contributed by atoms with E-state index in [0.29, 0.717) is 5.46 Å². The number of nitrogens with one attached hydrogen (secondary N) is 1. The molecule has 0 radical (unpaired) electrons. The Labute approximate surface area is 181 Å². The first-order valence-electron chi connectivity index (χ1n) is 9.94. The van der Waals surface area contributed by atoms with E-state index in [1.807, 2.05) is 39.1 Å². The maximum absolute atomic E-state index is 14.1. The van der Waals surface area contributed by atoms with Crippen LogP contribution in [0.4, 0.5) is 13.6 Å². The summed E-state index contributed by atoms with van der Waals surface area (Å²) in [7, 11) is -0.597. The summed E-state index contributed by atoms with van der Waals surface area (Å²) in [5.41, 5.74) is 0.445. The molecule has 0 bridgehead atoms. The second-order valence-electron chi connectivity index (χ2n) is 8.31. The van der Waals surface area contributed by atoms with Gasteiger partial charge in [0.25, 0.3) is 0 Å². The minimum atomic E-state index is -3.61. The number of halogens is 2. The second-order valence-corrected chi connectivity index (χ2v) is 8.31. The highest BCUT2D eigenvalue weighted by Gasteiger charge is 2.51. The largest absolute Gasteiger partial charge is 0.494 e. The predicted molar refractivity (Wildman–Crippen MR) is 112 cm³/mol. The first kappa shape index (κ1) is 23.0. The SMILES string of the molecule is CC1(C)OB(c2ccc(OC(F)(F)CNC(=O)OCc3ccccc3)cc2)OC1(C)C. The van der Waals surface area contributed by atoms with Gasteiger partial charge >= 0.3 is 19.3 Å². The van der Waals surface area contributed by atoms with Crippen molar-refractivity contribution in [3.8, 4) is 5.75 Å². The first-order valence-corrected chi connectivity index (χ1v) is 9.94. The monoisotopic (exact) mass is 433 g/mol. The third kappa shape index (κ3) is 5.95. The van der Waals surface area contributed by atoms with Crippen molar-refractivity contribution in [2.75, 3.05) is 6.54 Å². The molecule has 1 aliphatic rings. The number of carbonyl (C=O) groups is 1. The van der Waals surface area contributed by atoms with E-state index in [-0.39, 0.29) is 12.4 Å². The van der Waals surface area contributed by atoms with E-state index in [1.54, 1.807) is 36.4 Å². The fourth-order valence-electron chi connectivity index (χ4n) is 2.83. The number of hydrogen-bond donors (Lipinski definition) is 1. The van der Waals surface area contributed by atoms with Crippen molar-refractivity contribution in [1.29, 1.82) is 0 Å². The topological polar surface area (TPSA) is 66.0 Å². The number of benzene rings is 2. The zero-order chi connectivity index (χ0) is 22.7. The van der Waals surface area contributed by atoms with Gasteiger partial charge in [0.15, 0.2) is 0 Å². The van der Waals surface area contributed by atoms with E-state index in [1.165, 1.54) is 12.1 Å². The van der Waals surface area contributed by atoms with Gasteiger partial charge in [-0.2, -0.15) is 8.78 Å².